The first-order chi connectivity index (χ1) is 5.21. The number of halogens is 1. The average molecular weight is 214 g/mol. The van der Waals surface area contributed by atoms with E-state index in [2.05, 4.69) is 25.9 Å². The number of hydrogen-bond donors (Lipinski definition) is 1. The Hall–Kier alpha value is -0.480. The second-order valence-corrected chi connectivity index (χ2v) is 3.80. The second-order valence-electron chi connectivity index (χ2n) is 2.88. The van der Waals surface area contributed by atoms with Crippen LogP contribution in [0.3, 0.4) is 0 Å². The molecule has 0 spiro atoms. The molecular formula is C7H8BrN3. The third kappa shape index (κ3) is 1.28. The minimum absolute atomic E-state index is 0.208. The lowest BCUT2D eigenvalue weighted by Gasteiger charge is -2.04. The van der Waals surface area contributed by atoms with E-state index in [4.69, 9.17) is 5.73 Å². The normalized spacial score (nSPS) is 19.8. The van der Waals surface area contributed by atoms with Crippen LogP contribution in [-0.2, 0) is 5.54 Å². The van der Waals surface area contributed by atoms with Crippen LogP contribution in [0.1, 0.15) is 18.7 Å². The Morgan fingerprint density at radius 3 is 2.36 bits per heavy atom. The van der Waals surface area contributed by atoms with Gasteiger partial charge in [-0.3, -0.25) is 0 Å². The van der Waals surface area contributed by atoms with E-state index in [0.717, 1.165) is 23.1 Å². The van der Waals surface area contributed by atoms with E-state index in [0.29, 0.717) is 0 Å². The molecule has 0 amide bonds. The summed E-state index contributed by atoms with van der Waals surface area (Å²) in [5, 5.41) is 0. The number of nitrogens with two attached hydrogens (primary N) is 1. The molecule has 1 saturated carbocycles. The maximum absolute atomic E-state index is 5.88. The van der Waals surface area contributed by atoms with Gasteiger partial charge in [0, 0.05) is 12.4 Å². The van der Waals surface area contributed by atoms with Crippen molar-refractivity contribution in [2.45, 2.75) is 18.4 Å². The van der Waals surface area contributed by atoms with Crippen LogP contribution >= 0.6 is 15.9 Å². The van der Waals surface area contributed by atoms with Gasteiger partial charge in [0.25, 0.3) is 0 Å². The average Bonchev–Trinajstić information content (AvgIpc) is 2.70. The minimum atomic E-state index is -0.208. The molecule has 1 aliphatic carbocycles. The number of hydrogen-bond acceptors (Lipinski definition) is 3. The molecule has 1 aromatic heterocycles. The molecule has 0 bridgehead atoms. The van der Waals surface area contributed by atoms with Crippen molar-refractivity contribution >= 4 is 15.9 Å². The Bertz CT molecular complexity index is 266. The van der Waals surface area contributed by atoms with E-state index in [1.54, 1.807) is 12.4 Å². The Kier molecular flexibility index (Phi) is 1.47. The van der Waals surface area contributed by atoms with Crippen molar-refractivity contribution in [3.05, 3.63) is 22.7 Å². The van der Waals surface area contributed by atoms with Gasteiger partial charge in [-0.25, -0.2) is 9.97 Å². The second kappa shape index (κ2) is 2.25. The maximum Gasteiger partial charge on any atom is 0.148 e. The molecule has 11 heavy (non-hydrogen) atoms. The fourth-order valence-electron chi connectivity index (χ4n) is 0.928. The zero-order chi connectivity index (χ0) is 7.90. The minimum Gasteiger partial charge on any atom is -0.319 e. The first-order valence-corrected chi connectivity index (χ1v) is 4.27. The van der Waals surface area contributed by atoms with Crippen LogP contribution in [-0.4, -0.2) is 9.97 Å². The van der Waals surface area contributed by atoms with Gasteiger partial charge in [-0.05, 0) is 28.8 Å². The van der Waals surface area contributed by atoms with Crippen molar-refractivity contribution in [2.24, 2.45) is 5.73 Å². The highest BCUT2D eigenvalue weighted by atomic mass is 79.9. The van der Waals surface area contributed by atoms with Crippen LogP contribution in [0, 0.1) is 0 Å². The maximum atomic E-state index is 5.88. The fourth-order valence-corrected chi connectivity index (χ4v) is 1.13. The largest absolute Gasteiger partial charge is 0.319 e. The Morgan fingerprint density at radius 1 is 1.36 bits per heavy atom. The van der Waals surface area contributed by atoms with E-state index in [9.17, 15) is 0 Å². The van der Waals surface area contributed by atoms with Gasteiger partial charge in [-0.1, -0.05) is 0 Å². The van der Waals surface area contributed by atoms with Gasteiger partial charge in [-0.2, -0.15) is 0 Å². The molecule has 0 saturated heterocycles. The summed E-state index contributed by atoms with van der Waals surface area (Å²) in [4.78, 5) is 8.26. The van der Waals surface area contributed by atoms with Crippen molar-refractivity contribution in [3.8, 4) is 0 Å². The van der Waals surface area contributed by atoms with Crippen molar-refractivity contribution in [1.82, 2.24) is 9.97 Å². The van der Waals surface area contributed by atoms with Crippen molar-refractivity contribution < 1.29 is 0 Å². The lowest BCUT2D eigenvalue weighted by atomic mass is 10.3. The molecule has 0 aromatic carbocycles. The molecule has 0 aliphatic heterocycles. The quantitative estimate of drug-likeness (QED) is 0.763. The molecular weight excluding hydrogens is 206 g/mol. The lowest BCUT2D eigenvalue weighted by Crippen LogP contribution is -2.21. The zero-order valence-corrected chi connectivity index (χ0v) is 7.50. The molecule has 58 valence electrons. The summed E-state index contributed by atoms with van der Waals surface area (Å²) < 4.78 is 0.894. The van der Waals surface area contributed by atoms with Crippen LogP contribution < -0.4 is 5.73 Å². The van der Waals surface area contributed by atoms with Gasteiger partial charge in [0.2, 0.25) is 0 Å². The van der Waals surface area contributed by atoms with E-state index in [1.165, 1.54) is 0 Å². The Morgan fingerprint density at radius 2 is 1.91 bits per heavy atom. The molecule has 2 N–H and O–H groups in total. The summed E-state index contributed by atoms with van der Waals surface area (Å²) in [5.41, 5.74) is 5.67. The van der Waals surface area contributed by atoms with Crippen molar-refractivity contribution in [3.63, 3.8) is 0 Å². The molecule has 2 rings (SSSR count). The predicted octanol–water partition coefficient (Wildman–Crippen LogP) is 1.19. The van der Waals surface area contributed by atoms with Crippen LogP contribution in [0.25, 0.3) is 0 Å². The summed E-state index contributed by atoms with van der Waals surface area (Å²) in [5.74, 6) is 0.765. The number of aromatic nitrogens is 2. The molecule has 0 unspecified atom stereocenters. The van der Waals surface area contributed by atoms with Gasteiger partial charge >= 0.3 is 0 Å². The first kappa shape index (κ1) is 7.18. The van der Waals surface area contributed by atoms with E-state index >= 15 is 0 Å². The van der Waals surface area contributed by atoms with Crippen LogP contribution in [0.15, 0.2) is 16.9 Å². The molecule has 0 radical (unpaired) electrons. The molecule has 1 heterocycles. The number of nitrogens with zero attached hydrogens (tertiary/aromatic N) is 2. The number of rotatable bonds is 1. The summed E-state index contributed by atoms with van der Waals surface area (Å²) in [6, 6.07) is 0. The zero-order valence-electron chi connectivity index (χ0n) is 5.92. The highest BCUT2D eigenvalue weighted by molar-refractivity contribution is 9.10. The monoisotopic (exact) mass is 213 g/mol. The van der Waals surface area contributed by atoms with Crippen molar-refractivity contribution in [1.29, 1.82) is 0 Å². The Balaban J connectivity index is 2.33. The Labute approximate surface area is 73.2 Å². The van der Waals surface area contributed by atoms with Crippen LogP contribution in [0.5, 0.6) is 0 Å². The van der Waals surface area contributed by atoms with E-state index in [-0.39, 0.29) is 5.54 Å². The van der Waals surface area contributed by atoms with Gasteiger partial charge in [0.15, 0.2) is 0 Å². The summed E-state index contributed by atoms with van der Waals surface area (Å²) >= 11 is 3.27. The van der Waals surface area contributed by atoms with Crippen molar-refractivity contribution in [2.75, 3.05) is 0 Å². The van der Waals surface area contributed by atoms with Gasteiger partial charge in [0.1, 0.15) is 5.82 Å². The summed E-state index contributed by atoms with van der Waals surface area (Å²) in [6.45, 7) is 0. The third-order valence-corrected chi connectivity index (χ3v) is 2.26. The topological polar surface area (TPSA) is 51.8 Å². The van der Waals surface area contributed by atoms with Crippen LogP contribution in [0.4, 0.5) is 0 Å². The first-order valence-electron chi connectivity index (χ1n) is 3.48. The molecule has 1 aromatic rings. The molecule has 3 nitrogen and oxygen atoms in total. The molecule has 1 fully saturated rings. The van der Waals surface area contributed by atoms with Crippen LogP contribution in [0.2, 0.25) is 0 Å². The highest BCUT2D eigenvalue weighted by Gasteiger charge is 2.42. The molecule has 4 heteroatoms. The fraction of sp³-hybridized carbons (Fsp3) is 0.429. The van der Waals surface area contributed by atoms with Gasteiger partial charge in [-0.15, -0.1) is 0 Å². The highest BCUT2D eigenvalue weighted by Crippen LogP contribution is 2.40. The van der Waals surface area contributed by atoms with Gasteiger partial charge < -0.3 is 5.73 Å². The van der Waals surface area contributed by atoms with Gasteiger partial charge in [0.05, 0.1) is 10.0 Å². The molecule has 0 atom stereocenters. The lowest BCUT2D eigenvalue weighted by molar-refractivity contribution is 0.670. The van der Waals surface area contributed by atoms with E-state index in [1.807, 2.05) is 0 Å². The standard InChI is InChI=1S/C7H8BrN3/c8-5-3-10-6(11-4-5)7(9)1-2-7/h3-4H,1-2,9H2. The predicted molar refractivity (Wildman–Crippen MR) is 44.8 cm³/mol. The smallest absolute Gasteiger partial charge is 0.148 e. The molecule has 1 aliphatic rings. The van der Waals surface area contributed by atoms with E-state index < -0.39 is 0 Å². The third-order valence-electron chi connectivity index (χ3n) is 1.85. The summed E-state index contributed by atoms with van der Waals surface area (Å²) in [7, 11) is 0. The summed E-state index contributed by atoms with van der Waals surface area (Å²) in [6.07, 6.45) is 5.48. The SMILES string of the molecule is NC1(c2ncc(Br)cn2)CC1.